The number of hydrogen-bond donors (Lipinski definition) is 2. The number of guanidine groups is 1. The molecule has 2 heterocycles. The first-order chi connectivity index (χ1) is 14.0. The summed E-state index contributed by atoms with van der Waals surface area (Å²) < 4.78 is 5.60. The fourth-order valence-corrected chi connectivity index (χ4v) is 3.20. The highest BCUT2D eigenvalue weighted by atomic mass is 16.5. The average molecular weight is 394 g/mol. The lowest BCUT2D eigenvalue weighted by molar-refractivity contribution is -0.136. The highest BCUT2D eigenvalue weighted by molar-refractivity contribution is 6.05. The monoisotopic (exact) mass is 394 g/mol. The molecule has 2 amide bonds. The Morgan fingerprint density at radius 3 is 2.72 bits per heavy atom. The Morgan fingerprint density at radius 2 is 1.97 bits per heavy atom. The van der Waals surface area contributed by atoms with Crippen LogP contribution in [0.1, 0.15) is 5.56 Å². The van der Waals surface area contributed by atoms with E-state index in [9.17, 15) is 14.4 Å². The van der Waals surface area contributed by atoms with Crippen molar-refractivity contribution in [3.8, 4) is 5.75 Å². The number of benzene rings is 2. The molecule has 29 heavy (non-hydrogen) atoms. The number of nitrogens with one attached hydrogen (secondary N) is 1. The number of amides is 2. The summed E-state index contributed by atoms with van der Waals surface area (Å²) in [6.07, 6.45) is 0. The lowest BCUT2D eigenvalue weighted by atomic mass is 10.1. The molecule has 1 fully saturated rings. The van der Waals surface area contributed by atoms with Crippen LogP contribution in [0.15, 0.2) is 53.5 Å². The second-order valence-corrected chi connectivity index (χ2v) is 6.63. The van der Waals surface area contributed by atoms with E-state index >= 15 is 0 Å². The number of rotatable bonds is 6. The SMILES string of the molecule is O=C(O)CN(C(=O)COc1ccc2c(c1)N=C1NC(=O)CN1C2)c1ccccc1. The van der Waals surface area contributed by atoms with Crippen molar-refractivity contribution in [3.63, 3.8) is 0 Å². The predicted molar refractivity (Wildman–Crippen MR) is 104 cm³/mol. The molecular formula is C20H18N4O5. The van der Waals surface area contributed by atoms with Crippen LogP contribution in [-0.4, -0.2) is 53.4 Å². The molecule has 4 rings (SSSR count). The van der Waals surface area contributed by atoms with Crippen LogP contribution in [0, 0.1) is 0 Å². The third-order valence-corrected chi connectivity index (χ3v) is 4.55. The minimum absolute atomic E-state index is 0.0990. The molecule has 2 aliphatic rings. The molecule has 0 atom stereocenters. The van der Waals surface area contributed by atoms with Gasteiger partial charge in [-0.1, -0.05) is 24.3 Å². The van der Waals surface area contributed by atoms with Crippen LogP contribution in [-0.2, 0) is 20.9 Å². The van der Waals surface area contributed by atoms with Gasteiger partial charge < -0.3 is 14.7 Å². The molecule has 2 aromatic carbocycles. The molecule has 1 saturated heterocycles. The number of aliphatic imine (C=N–C) groups is 1. The minimum atomic E-state index is -1.12. The van der Waals surface area contributed by atoms with E-state index in [1.54, 1.807) is 42.5 Å². The molecule has 0 spiro atoms. The molecular weight excluding hydrogens is 376 g/mol. The van der Waals surface area contributed by atoms with Gasteiger partial charge in [0.2, 0.25) is 11.9 Å². The quantitative estimate of drug-likeness (QED) is 0.759. The predicted octanol–water partition coefficient (Wildman–Crippen LogP) is 1.12. The Morgan fingerprint density at radius 1 is 1.17 bits per heavy atom. The maximum absolute atomic E-state index is 12.6. The standard InChI is InChI=1S/C20H18N4O5/c25-17-10-23-9-13-6-7-15(8-16(13)21-20(23)22-17)29-12-18(26)24(11-19(27)28)14-4-2-1-3-5-14/h1-8H,9-12H2,(H,27,28)(H,21,22,25). The van der Waals surface area contributed by atoms with E-state index in [4.69, 9.17) is 9.84 Å². The molecule has 2 aromatic rings. The van der Waals surface area contributed by atoms with Crippen molar-refractivity contribution in [2.75, 3.05) is 24.6 Å². The zero-order valence-electron chi connectivity index (χ0n) is 15.4. The summed E-state index contributed by atoms with van der Waals surface area (Å²) in [5, 5.41) is 11.8. The number of carbonyl (C=O) groups is 3. The summed E-state index contributed by atoms with van der Waals surface area (Å²) in [4.78, 5) is 42.7. The van der Waals surface area contributed by atoms with Crippen LogP contribution in [0.3, 0.4) is 0 Å². The van der Waals surface area contributed by atoms with E-state index in [-0.39, 0.29) is 19.1 Å². The van der Waals surface area contributed by atoms with Gasteiger partial charge in [0.25, 0.3) is 5.91 Å². The van der Waals surface area contributed by atoms with Gasteiger partial charge in [0, 0.05) is 18.3 Å². The fourth-order valence-electron chi connectivity index (χ4n) is 3.20. The highest BCUT2D eigenvalue weighted by Gasteiger charge is 2.29. The highest BCUT2D eigenvalue weighted by Crippen LogP contribution is 2.30. The molecule has 0 unspecified atom stereocenters. The second kappa shape index (κ2) is 7.63. The van der Waals surface area contributed by atoms with Gasteiger partial charge in [-0.3, -0.25) is 24.6 Å². The number of hydrogen-bond acceptors (Lipinski definition) is 6. The van der Waals surface area contributed by atoms with Crippen LogP contribution in [0.2, 0.25) is 0 Å². The number of para-hydroxylation sites is 1. The number of aliphatic carboxylic acids is 1. The van der Waals surface area contributed by atoms with E-state index in [1.165, 1.54) is 0 Å². The zero-order chi connectivity index (χ0) is 20.4. The largest absolute Gasteiger partial charge is 0.484 e. The maximum Gasteiger partial charge on any atom is 0.323 e. The number of fused-ring (bicyclic) bond motifs is 2. The van der Waals surface area contributed by atoms with Crippen LogP contribution < -0.4 is 15.0 Å². The van der Waals surface area contributed by atoms with Crippen molar-refractivity contribution >= 4 is 35.1 Å². The Kier molecular flexibility index (Phi) is 4.86. The van der Waals surface area contributed by atoms with Gasteiger partial charge in [-0.25, -0.2) is 4.99 Å². The first-order valence-electron chi connectivity index (χ1n) is 8.96. The molecule has 0 aromatic heterocycles. The summed E-state index contributed by atoms with van der Waals surface area (Å²) in [7, 11) is 0. The summed E-state index contributed by atoms with van der Waals surface area (Å²) in [6, 6.07) is 13.8. The summed E-state index contributed by atoms with van der Waals surface area (Å²) in [6.45, 7) is 0.0659. The van der Waals surface area contributed by atoms with Crippen LogP contribution in [0.5, 0.6) is 5.75 Å². The van der Waals surface area contributed by atoms with E-state index < -0.39 is 18.4 Å². The average Bonchev–Trinajstić information content (AvgIpc) is 3.07. The van der Waals surface area contributed by atoms with E-state index in [0.717, 1.165) is 10.5 Å². The van der Waals surface area contributed by atoms with Gasteiger partial charge in [0.05, 0.1) is 5.69 Å². The number of ether oxygens (including phenoxy) is 1. The molecule has 2 aliphatic heterocycles. The first-order valence-corrected chi connectivity index (χ1v) is 8.96. The molecule has 0 saturated carbocycles. The number of carboxylic acids is 1. The third kappa shape index (κ3) is 4.03. The number of anilines is 1. The zero-order valence-corrected chi connectivity index (χ0v) is 15.4. The van der Waals surface area contributed by atoms with E-state index in [0.29, 0.717) is 29.6 Å². The van der Waals surface area contributed by atoms with Gasteiger partial charge in [0.15, 0.2) is 6.61 Å². The van der Waals surface area contributed by atoms with Crippen LogP contribution >= 0.6 is 0 Å². The first kappa shape index (κ1) is 18.5. The molecule has 9 nitrogen and oxygen atoms in total. The molecule has 0 radical (unpaired) electrons. The second-order valence-electron chi connectivity index (χ2n) is 6.63. The van der Waals surface area contributed by atoms with Crippen molar-refractivity contribution < 1.29 is 24.2 Å². The summed E-state index contributed by atoms with van der Waals surface area (Å²) in [5.41, 5.74) is 2.09. The smallest absolute Gasteiger partial charge is 0.323 e. The molecule has 2 N–H and O–H groups in total. The summed E-state index contributed by atoms with van der Waals surface area (Å²) >= 11 is 0. The van der Waals surface area contributed by atoms with Crippen molar-refractivity contribution in [2.24, 2.45) is 4.99 Å². The minimum Gasteiger partial charge on any atom is -0.484 e. The maximum atomic E-state index is 12.6. The molecule has 148 valence electrons. The van der Waals surface area contributed by atoms with Gasteiger partial charge in [-0.2, -0.15) is 0 Å². The molecule has 0 bridgehead atoms. The summed E-state index contributed by atoms with van der Waals surface area (Å²) in [5.74, 6) is -0.750. The van der Waals surface area contributed by atoms with E-state index in [1.807, 2.05) is 11.0 Å². The Hall–Kier alpha value is -3.88. The van der Waals surface area contributed by atoms with Gasteiger partial charge in [-0.05, 0) is 23.8 Å². The topological polar surface area (TPSA) is 112 Å². The van der Waals surface area contributed by atoms with Crippen molar-refractivity contribution in [3.05, 3.63) is 54.1 Å². The lowest BCUT2D eigenvalue weighted by Crippen LogP contribution is -2.38. The third-order valence-electron chi connectivity index (χ3n) is 4.55. The van der Waals surface area contributed by atoms with Crippen molar-refractivity contribution in [2.45, 2.75) is 6.54 Å². The number of nitrogens with zero attached hydrogens (tertiary/aromatic N) is 3. The van der Waals surface area contributed by atoms with Crippen LogP contribution in [0.4, 0.5) is 11.4 Å². The Labute approximate surface area is 166 Å². The fraction of sp³-hybridized carbons (Fsp3) is 0.200. The normalized spacial score (nSPS) is 14.4. The Bertz CT molecular complexity index is 1010. The van der Waals surface area contributed by atoms with Gasteiger partial charge >= 0.3 is 5.97 Å². The van der Waals surface area contributed by atoms with Gasteiger partial charge in [-0.15, -0.1) is 0 Å². The van der Waals surface area contributed by atoms with Crippen LogP contribution in [0.25, 0.3) is 0 Å². The lowest BCUT2D eigenvalue weighted by Gasteiger charge is -2.23. The Balaban J connectivity index is 1.46. The number of carboxylic acid groups (broad SMARTS) is 1. The molecule has 9 heteroatoms. The number of carbonyl (C=O) groups excluding carboxylic acids is 2. The van der Waals surface area contributed by atoms with Gasteiger partial charge in [0.1, 0.15) is 18.8 Å². The van der Waals surface area contributed by atoms with Crippen molar-refractivity contribution in [1.82, 2.24) is 10.2 Å². The van der Waals surface area contributed by atoms with E-state index in [2.05, 4.69) is 10.3 Å². The molecule has 0 aliphatic carbocycles. The van der Waals surface area contributed by atoms with Crippen molar-refractivity contribution in [1.29, 1.82) is 0 Å².